The summed E-state index contributed by atoms with van der Waals surface area (Å²) in [6.07, 6.45) is 3.99. The highest BCUT2D eigenvalue weighted by Gasteiger charge is 2.37. The molecule has 1 aliphatic rings. The lowest BCUT2D eigenvalue weighted by atomic mass is 10.0. The molecule has 0 unspecified atom stereocenters. The van der Waals surface area contributed by atoms with Crippen LogP contribution in [0.5, 0.6) is 11.5 Å². The number of rotatable bonds is 9. The van der Waals surface area contributed by atoms with E-state index in [0.717, 1.165) is 53.9 Å². The Morgan fingerprint density at radius 3 is 2.14 bits per heavy atom. The molecule has 42 heavy (non-hydrogen) atoms. The van der Waals surface area contributed by atoms with Crippen LogP contribution in [0.15, 0.2) is 66.7 Å². The van der Waals surface area contributed by atoms with Gasteiger partial charge in [0, 0.05) is 17.3 Å². The summed E-state index contributed by atoms with van der Waals surface area (Å²) in [7, 11) is 3.20. The van der Waals surface area contributed by atoms with Crippen LogP contribution in [0.25, 0.3) is 11.3 Å². The summed E-state index contributed by atoms with van der Waals surface area (Å²) in [4.78, 5) is 30.5. The topological polar surface area (TPSA) is 107 Å². The highest BCUT2D eigenvalue weighted by Crippen LogP contribution is 2.37. The Morgan fingerprint density at radius 1 is 0.929 bits per heavy atom. The molecule has 1 saturated carbocycles. The summed E-state index contributed by atoms with van der Waals surface area (Å²) in [6.45, 7) is 4.01. The number of hydrogen-bond donors (Lipinski definition) is 2. The molecular formula is C33H36N4O4S. The minimum Gasteiger partial charge on any atom is -0.497 e. The molecule has 4 aromatic rings. The Bertz CT molecular complexity index is 1560. The number of amides is 2. The molecule has 1 fully saturated rings. The van der Waals surface area contributed by atoms with Gasteiger partial charge in [-0.1, -0.05) is 31.0 Å². The molecule has 1 atom stereocenters. The van der Waals surface area contributed by atoms with Gasteiger partial charge in [-0.15, -0.1) is 0 Å². The van der Waals surface area contributed by atoms with Crippen LogP contribution in [0.3, 0.4) is 0 Å². The van der Waals surface area contributed by atoms with Crippen molar-refractivity contribution in [2.24, 2.45) is 0 Å². The number of carbonyl (C=O) groups is 2. The number of nitrogens with one attached hydrogen (secondary N) is 1. The SMILES string of the molecule is COc1ccc(-c2nsc(C(=O)N(c3ccc(C)c(C)c3)[C@@H](C(=O)NC3CCCC3)c3ccc(OC)cc3)c2N)cc1. The number of anilines is 2. The van der Waals surface area contributed by atoms with Crippen molar-refractivity contribution in [1.29, 1.82) is 0 Å². The van der Waals surface area contributed by atoms with E-state index in [2.05, 4.69) is 9.69 Å². The summed E-state index contributed by atoms with van der Waals surface area (Å²) in [5, 5.41) is 3.23. The lowest BCUT2D eigenvalue weighted by Crippen LogP contribution is -2.46. The van der Waals surface area contributed by atoms with Crippen molar-refractivity contribution in [2.75, 3.05) is 24.9 Å². The average molecular weight is 585 g/mol. The third kappa shape index (κ3) is 5.97. The van der Waals surface area contributed by atoms with Crippen LogP contribution in [-0.4, -0.2) is 36.4 Å². The van der Waals surface area contributed by atoms with E-state index in [0.29, 0.717) is 28.4 Å². The highest BCUT2D eigenvalue weighted by atomic mass is 32.1. The zero-order valence-electron chi connectivity index (χ0n) is 24.3. The molecule has 1 aliphatic carbocycles. The lowest BCUT2D eigenvalue weighted by Gasteiger charge is -2.32. The van der Waals surface area contributed by atoms with Gasteiger partial charge in [-0.2, -0.15) is 4.37 Å². The average Bonchev–Trinajstić information content (AvgIpc) is 3.66. The van der Waals surface area contributed by atoms with Crippen molar-refractivity contribution in [3.8, 4) is 22.8 Å². The van der Waals surface area contributed by atoms with Crippen molar-refractivity contribution < 1.29 is 19.1 Å². The molecule has 5 rings (SSSR count). The summed E-state index contributed by atoms with van der Waals surface area (Å²) in [6, 6.07) is 19.5. The second kappa shape index (κ2) is 12.7. The monoisotopic (exact) mass is 584 g/mol. The van der Waals surface area contributed by atoms with Crippen LogP contribution < -0.4 is 25.4 Å². The van der Waals surface area contributed by atoms with E-state index in [-0.39, 0.29) is 22.5 Å². The maximum Gasteiger partial charge on any atom is 0.273 e. The Hall–Kier alpha value is -4.37. The number of nitrogen functional groups attached to an aromatic ring is 1. The normalized spacial score (nSPS) is 13.9. The third-order valence-corrected chi connectivity index (χ3v) is 8.76. The quantitative estimate of drug-likeness (QED) is 0.233. The first-order valence-corrected chi connectivity index (χ1v) is 14.8. The molecule has 0 spiro atoms. The molecule has 2 amide bonds. The summed E-state index contributed by atoms with van der Waals surface area (Å²) < 4.78 is 15.2. The number of nitrogens with two attached hydrogens (primary N) is 1. The Balaban J connectivity index is 1.62. The predicted octanol–water partition coefficient (Wildman–Crippen LogP) is 6.47. The van der Waals surface area contributed by atoms with Gasteiger partial charge in [0.05, 0.1) is 19.9 Å². The number of methoxy groups -OCH3 is 2. The van der Waals surface area contributed by atoms with E-state index in [9.17, 15) is 9.59 Å². The van der Waals surface area contributed by atoms with E-state index in [1.54, 1.807) is 31.3 Å². The minimum atomic E-state index is -0.947. The molecule has 0 radical (unpaired) electrons. The summed E-state index contributed by atoms with van der Waals surface area (Å²) in [5.74, 6) is 0.737. The highest BCUT2D eigenvalue weighted by molar-refractivity contribution is 7.09. The smallest absolute Gasteiger partial charge is 0.273 e. The van der Waals surface area contributed by atoms with E-state index in [1.165, 1.54) is 0 Å². The van der Waals surface area contributed by atoms with Crippen molar-refractivity contribution in [2.45, 2.75) is 51.6 Å². The van der Waals surface area contributed by atoms with Crippen molar-refractivity contribution >= 4 is 34.7 Å². The van der Waals surface area contributed by atoms with Crippen LogP contribution in [0.4, 0.5) is 11.4 Å². The second-order valence-electron chi connectivity index (χ2n) is 10.6. The zero-order valence-corrected chi connectivity index (χ0v) is 25.2. The van der Waals surface area contributed by atoms with E-state index >= 15 is 0 Å². The number of aryl methyl sites for hydroxylation is 2. The summed E-state index contributed by atoms with van der Waals surface area (Å²) >= 11 is 1.03. The molecular weight excluding hydrogens is 548 g/mol. The molecule has 0 saturated heterocycles. The number of aromatic nitrogens is 1. The lowest BCUT2D eigenvalue weighted by molar-refractivity contribution is -0.123. The second-order valence-corrected chi connectivity index (χ2v) is 11.4. The Morgan fingerprint density at radius 2 is 1.55 bits per heavy atom. The van der Waals surface area contributed by atoms with Gasteiger partial charge in [0.2, 0.25) is 5.91 Å². The van der Waals surface area contributed by atoms with Gasteiger partial charge in [-0.3, -0.25) is 14.5 Å². The van der Waals surface area contributed by atoms with Crippen molar-refractivity contribution in [3.05, 3.63) is 88.3 Å². The zero-order chi connectivity index (χ0) is 29.8. The molecule has 3 aromatic carbocycles. The largest absolute Gasteiger partial charge is 0.497 e. The molecule has 8 nitrogen and oxygen atoms in total. The van der Waals surface area contributed by atoms with Crippen LogP contribution in [0.2, 0.25) is 0 Å². The predicted molar refractivity (Wildman–Crippen MR) is 167 cm³/mol. The molecule has 1 heterocycles. The van der Waals surface area contributed by atoms with Gasteiger partial charge in [0.1, 0.15) is 28.1 Å². The summed E-state index contributed by atoms with van der Waals surface area (Å²) in [5.41, 5.74) is 11.5. The fraction of sp³-hybridized carbons (Fsp3) is 0.303. The standard InChI is InChI=1S/C33H36N4O4S/c1-20-9-14-25(19-21(20)2)37(33(39)31-28(34)29(36-42-31)22-10-15-26(40-3)16-11-22)30(23-12-17-27(41-4)18-13-23)32(38)35-24-7-5-6-8-24/h9-19,24,30H,5-8,34H2,1-4H3,(H,35,38)/t30-/m1/s1. The minimum absolute atomic E-state index is 0.0742. The van der Waals surface area contributed by atoms with Crippen LogP contribution in [0, 0.1) is 13.8 Å². The number of carbonyl (C=O) groups excluding carboxylic acids is 2. The van der Waals surface area contributed by atoms with Gasteiger partial charge in [0.25, 0.3) is 5.91 Å². The number of hydrogen-bond acceptors (Lipinski definition) is 7. The van der Waals surface area contributed by atoms with Crippen LogP contribution in [-0.2, 0) is 4.79 Å². The van der Waals surface area contributed by atoms with Gasteiger partial charge >= 0.3 is 0 Å². The van der Waals surface area contributed by atoms with Gasteiger partial charge in [-0.05, 0) is 103 Å². The van der Waals surface area contributed by atoms with E-state index in [1.807, 2.05) is 68.4 Å². The van der Waals surface area contributed by atoms with Crippen LogP contribution in [0.1, 0.15) is 58.1 Å². The Kier molecular flexibility index (Phi) is 8.77. The molecule has 0 bridgehead atoms. The Labute approximate surface area is 250 Å². The first-order chi connectivity index (χ1) is 20.3. The van der Waals surface area contributed by atoms with Gasteiger partial charge in [0.15, 0.2) is 0 Å². The van der Waals surface area contributed by atoms with Crippen molar-refractivity contribution in [3.63, 3.8) is 0 Å². The molecule has 218 valence electrons. The fourth-order valence-corrected chi connectivity index (χ4v) is 6.09. The maximum absolute atomic E-state index is 14.6. The molecule has 3 N–H and O–H groups in total. The fourth-order valence-electron chi connectivity index (χ4n) is 5.33. The number of ether oxygens (including phenoxy) is 2. The third-order valence-electron chi connectivity index (χ3n) is 7.91. The van der Waals surface area contributed by atoms with Gasteiger partial charge in [-0.25, -0.2) is 0 Å². The first-order valence-electron chi connectivity index (χ1n) is 14.1. The molecule has 0 aliphatic heterocycles. The molecule has 1 aromatic heterocycles. The van der Waals surface area contributed by atoms with E-state index < -0.39 is 11.9 Å². The van der Waals surface area contributed by atoms with Crippen molar-refractivity contribution in [1.82, 2.24) is 9.69 Å². The molecule has 9 heteroatoms. The number of benzene rings is 3. The first kappa shape index (κ1) is 29.1. The van der Waals surface area contributed by atoms with E-state index in [4.69, 9.17) is 15.2 Å². The van der Waals surface area contributed by atoms with Crippen LogP contribution >= 0.6 is 11.5 Å². The maximum atomic E-state index is 14.6. The number of nitrogens with zero attached hydrogens (tertiary/aromatic N) is 2. The van der Waals surface area contributed by atoms with Gasteiger partial charge < -0.3 is 20.5 Å².